The number of hydrogen-bond donors (Lipinski definition) is 1. The van der Waals surface area contributed by atoms with Crippen molar-refractivity contribution in [3.8, 4) is 0 Å². The summed E-state index contributed by atoms with van der Waals surface area (Å²) in [6, 6.07) is 13.2. The van der Waals surface area contributed by atoms with Gasteiger partial charge in [-0.05, 0) is 23.3 Å². The summed E-state index contributed by atoms with van der Waals surface area (Å²) in [6.07, 6.45) is 0. The first-order valence-corrected chi connectivity index (χ1v) is 6.88. The Labute approximate surface area is 140 Å². The van der Waals surface area contributed by atoms with E-state index >= 15 is 0 Å². The van der Waals surface area contributed by atoms with Gasteiger partial charge in [-0.3, -0.25) is 4.79 Å². The number of carbonyl (C=O) groups is 1. The molecular weight excluding hydrogens is 326 g/mol. The molecule has 1 unspecified atom stereocenters. The van der Waals surface area contributed by atoms with Gasteiger partial charge in [0, 0.05) is 12.1 Å². The normalized spacial score (nSPS) is 11.5. The predicted octanol–water partition coefficient (Wildman–Crippen LogP) is 3.41. The molecular formula is C16H17Cl2FN2O. The van der Waals surface area contributed by atoms with Gasteiger partial charge in [-0.1, -0.05) is 48.0 Å². The minimum atomic E-state index is -0.414. The lowest BCUT2D eigenvalue weighted by Crippen LogP contribution is -2.36. The topological polar surface area (TPSA) is 46.3 Å². The van der Waals surface area contributed by atoms with Crippen LogP contribution in [0, 0.1) is 5.82 Å². The van der Waals surface area contributed by atoms with Gasteiger partial charge in [0.1, 0.15) is 5.82 Å². The van der Waals surface area contributed by atoms with Gasteiger partial charge in [0.15, 0.2) is 0 Å². The first-order valence-electron chi connectivity index (χ1n) is 6.50. The first kappa shape index (κ1) is 18.4. The van der Waals surface area contributed by atoms with Crippen LogP contribution in [-0.4, -0.2) is 24.4 Å². The molecule has 2 rings (SSSR count). The van der Waals surface area contributed by atoms with Crippen LogP contribution in [0.3, 0.4) is 0 Å². The highest BCUT2D eigenvalue weighted by Crippen LogP contribution is 2.32. The van der Waals surface area contributed by atoms with Crippen LogP contribution in [0.15, 0.2) is 48.5 Å². The van der Waals surface area contributed by atoms with E-state index in [0.717, 1.165) is 5.56 Å². The summed E-state index contributed by atoms with van der Waals surface area (Å²) in [7, 11) is 1.66. The first-order chi connectivity index (χ1) is 10.0. The number of halogens is 3. The van der Waals surface area contributed by atoms with Crippen molar-refractivity contribution >= 4 is 29.9 Å². The van der Waals surface area contributed by atoms with E-state index in [-0.39, 0.29) is 29.9 Å². The zero-order valence-electron chi connectivity index (χ0n) is 12.0. The fraction of sp³-hybridized carbons (Fsp3) is 0.188. The molecule has 0 aliphatic heterocycles. The van der Waals surface area contributed by atoms with E-state index in [9.17, 15) is 9.18 Å². The van der Waals surface area contributed by atoms with E-state index < -0.39 is 11.9 Å². The van der Waals surface area contributed by atoms with E-state index in [2.05, 4.69) is 0 Å². The van der Waals surface area contributed by atoms with Crippen LogP contribution in [0.4, 0.5) is 4.39 Å². The molecule has 1 amide bonds. The Bertz CT molecular complexity index is 637. The average molecular weight is 343 g/mol. The maximum absolute atomic E-state index is 13.3. The smallest absolute Gasteiger partial charge is 0.236 e. The van der Waals surface area contributed by atoms with Crippen LogP contribution in [-0.2, 0) is 4.79 Å². The molecule has 0 heterocycles. The summed E-state index contributed by atoms with van der Waals surface area (Å²) < 4.78 is 13.3. The third kappa shape index (κ3) is 3.97. The summed E-state index contributed by atoms with van der Waals surface area (Å²) in [6.45, 7) is -0.0986. The van der Waals surface area contributed by atoms with Crippen molar-refractivity contribution in [2.24, 2.45) is 5.73 Å². The summed E-state index contributed by atoms with van der Waals surface area (Å²) in [5.74, 6) is -0.632. The van der Waals surface area contributed by atoms with Crippen LogP contribution in [0.5, 0.6) is 0 Å². The van der Waals surface area contributed by atoms with Gasteiger partial charge in [-0.15, -0.1) is 12.4 Å². The Morgan fingerprint density at radius 3 is 2.45 bits per heavy atom. The Kier molecular flexibility index (Phi) is 6.81. The van der Waals surface area contributed by atoms with Gasteiger partial charge in [0.05, 0.1) is 12.6 Å². The van der Waals surface area contributed by atoms with E-state index in [1.807, 2.05) is 30.3 Å². The van der Waals surface area contributed by atoms with Crippen molar-refractivity contribution in [1.82, 2.24) is 4.90 Å². The number of rotatable bonds is 4. The molecule has 2 aromatic rings. The molecule has 1 atom stereocenters. The standard InChI is InChI=1S/C16H16ClFN2O.ClH/c1-20(15(21)10-19)16(11-5-3-2-4-6-11)13-8-7-12(18)9-14(13)17;/h2-9,16H,10,19H2,1H3;1H. The van der Waals surface area contributed by atoms with Crippen molar-refractivity contribution < 1.29 is 9.18 Å². The average Bonchev–Trinajstić information content (AvgIpc) is 2.49. The second kappa shape index (κ2) is 8.13. The van der Waals surface area contributed by atoms with Crippen LogP contribution in [0.1, 0.15) is 17.2 Å². The van der Waals surface area contributed by atoms with Crippen molar-refractivity contribution in [1.29, 1.82) is 0 Å². The second-order valence-electron chi connectivity index (χ2n) is 4.69. The molecule has 0 aliphatic rings. The lowest BCUT2D eigenvalue weighted by atomic mass is 9.97. The highest BCUT2D eigenvalue weighted by atomic mass is 35.5. The molecule has 118 valence electrons. The van der Waals surface area contributed by atoms with Crippen LogP contribution >= 0.6 is 24.0 Å². The number of benzene rings is 2. The molecule has 2 aromatic carbocycles. The molecule has 3 nitrogen and oxygen atoms in total. The maximum Gasteiger partial charge on any atom is 0.236 e. The largest absolute Gasteiger partial charge is 0.333 e. The highest BCUT2D eigenvalue weighted by molar-refractivity contribution is 6.31. The Hall–Kier alpha value is -1.62. The van der Waals surface area contributed by atoms with Crippen LogP contribution in [0.25, 0.3) is 0 Å². The third-order valence-electron chi connectivity index (χ3n) is 3.33. The Morgan fingerprint density at radius 1 is 1.27 bits per heavy atom. The number of amides is 1. The lowest BCUT2D eigenvalue weighted by Gasteiger charge is -2.29. The quantitative estimate of drug-likeness (QED) is 0.925. The van der Waals surface area contributed by atoms with Gasteiger partial charge in [-0.2, -0.15) is 0 Å². The van der Waals surface area contributed by atoms with Gasteiger partial charge in [0.2, 0.25) is 5.91 Å². The number of nitrogens with zero attached hydrogens (tertiary/aromatic N) is 1. The zero-order chi connectivity index (χ0) is 15.4. The molecule has 0 saturated heterocycles. The lowest BCUT2D eigenvalue weighted by molar-refractivity contribution is -0.129. The van der Waals surface area contributed by atoms with Crippen molar-refractivity contribution in [3.05, 3.63) is 70.5 Å². The monoisotopic (exact) mass is 342 g/mol. The molecule has 0 spiro atoms. The van der Waals surface area contributed by atoms with Gasteiger partial charge >= 0.3 is 0 Å². The Balaban J connectivity index is 0.00000242. The third-order valence-corrected chi connectivity index (χ3v) is 3.66. The summed E-state index contributed by atoms with van der Waals surface area (Å²) in [4.78, 5) is 13.5. The molecule has 2 N–H and O–H groups in total. The summed E-state index contributed by atoms with van der Waals surface area (Å²) in [5, 5.41) is 0.278. The molecule has 6 heteroatoms. The second-order valence-corrected chi connectivity index (χ2v) is 5.10. The molecule has 0 fully saturated rings. The number of carbonyl (C=O) groups excluding carboxylic acids is 1. The molecule has 0 aromatic heterocycles. The fourth-order valence-corrected chi connectivity index (χ4v) is 2.53. The molecule has 0 radical (unpaired) electrons. The van der Waals surface area contributed by atoms with Crippen molar-refractivity contribution in [2.45, 2.75) is 6.04 Å². The molecule has 0 saturated carbocycles. The molecule has 0 aliphatic carbocycles. The van der Waals surface area contributed by atoms with E-state index in [1.54, 1.807) is 13.1 Å². The number of nitrogens with two attached hydrogens (primary N) is 1. The SMILES string of the molecule is CN(C(=O)CN)C(c1ccccc1)c1ccc(F)cc1Cl.Cl. The van der Waals surface area contributed by atoms with Gasteiger partial charge in [-0.25, -0.2) is 4.39 Å². The van der Waals surface area contributed by atoms with Gasteiger partial charge in [0.25, 0.3) is 0 Å². The van der Waals surface area contributed by atoms with E-state index in [4.69, 9.17) is 17.3 Å². The number of hydrogen-bond acceptors (Lipinski definition) is 2. The van der Waals surface area contributed by atoms with Crippen LogP contribution in [0.2, 0.25) is 5.02 Å². The Morgan fingerprint density at radius 2 is 1.91 bits per heavy atom. The van der Waals surface area contributed by atoms with Crippen molar-refractivity contribution in [2.75, 3.05) is 13.6 Å². The minimum absolute atomic E-state index is 0. The van der Waals surface area contributed by atoms with Gasteiger partial charge < -0.3 is 10.6 Å². The molecule has 0 bridgehead atoms. The van der Waals surface area contributed by atoms with E-state index in [1.165, 1.54) is 17.0 Å². The van der Waals surface area contributed by atoms with Crippen LogP contribution < -0.4 is 5.73 Å². The predicted molar refractivity (Wildman–Crippen MR) is 88.8 cm³/mol. The maximum atomic E-state index is 13.3. The van der Waals surface area contributed by atoms with Crippen molar-refractivity contribution in [3.63, 3.8) is 0 Å². The highest BCUT2D eigenvalue weighted by Gasteiger charge is 2.24. The summed E-state index contributed by atoms with van der Waals surface area (Å²) in [5.41, 5.74) is 6.99. The zero-order valence-corrected chi connectivity index (χ0v) is 13.6. The number of likely N-dealkylation sites (N-methyl/N-ethyl adjacent to an activating group) is 1. The minimum Gasteiger partial charge on any atom is -0.333 e. The fourth-order valence-electron chi connectivity index (χ4n) is 2.26. The summed E-state index contributed by atoms with van der Waals surface area (Å²) >= 11 is 6.16. The molecule has 22 heavy (non-hydrogen) atoms. The van der Waals surface area contributed by atoms with E-state index in [0.29, 0.717) is 5.56 Å².